The molecule has 16 heavy (non-hydrogen) atoms. The molecule has 2 rings (SSSR count). The van der Waals surface area contributed by atoms with Crippen LogP contribution in [0.1, 0.15) is 6.92 Å². The Kier molecular flexibility index (Phi) is 2.90. The summed E-state index contributed by atoms with van der Waals surface area (Å²) in [5.41, 5.74) is 1.20. The van der Waals surface area contributed by atoms with Gasteiger partial charge in [-0.05, 0) is 6.07 Å². The van der Waals surface area contributed by atoms with Gasteiger partial charge in [-0.3, -0.25) is 4.79 Å². The molecule has 0 aliphatic carbocycles. The Labute approximate surface area is 94.5 Å². The van der Waals surface area contributed by atoms with E-state index < -0.39 is 0 Å². The Bertz CT molecular complexity index is 516. The maximum Gasteiger partial charge on any atom is 0.216 e. The third-order valence-electron chi connectivity index (χ3n) is 2.58. The first-order chi connectivity index (χ1) is 7.66. The fourth-order valence-corrected chi connectivity index (χ4v) is 1.80. The largest absolute Gasteiger partial charge is 0.355 e. The zero-order valence-electron chi connectivity index (χ0n) is 9.60. The number of fused-ring (bicyclic) bond motifs is 1. The number of aryl methyl sites for hydroxylation is 1. The Morgan fingerprint density at radius 1 is 1.50 bits per heavy atom. The molecule has 2 aromatic rings. The maximum atomic E-state index is 10.8. The molecular formula is C12H16N3O+. The average molecular weight is 218 g/mol. The van der Waals surface area contributed by atoms with Crippen molar-refractivity contribution < 1.29 is 9.36 Å². The zero-order valence-corrected chi connectivity index (χ0v) is 9.60. The minimum absolute atomic E-state index is 0.0165. The van der Waals surface area contributed by atoms with Gasteiger partial charge in [-0.1, -0.05) is 0 Å². The number of carbonyl (C=O) groups is 1. The summed E-state index contributed by atoms with van der Waals surface area (Å²) in [5.74, 6) is 0.0165. The van der Waals surface area contributed by atoms with Crippen LogP contribution in [0.3, 0.4) is 0 Å². The van der Waals surface area contributed by atoms with Gasteiger partial charge in [0.05, 0.1) is 10.9 Å². The molecule has 0 saturated heterocycles. The molecule has 0 aliphatic rings. The number of nitrogens with zero attached hydrogens (tertiary/aromatic N) is 2. The van der Waals surface area contributed by atoms with E-state index in [1.54, 1.807) is 0 Å². The van der Waals surface area contributed by atoms with Crippen LogP contribution >= 0.6 is 0 Å². The second-order valence-electron chi connectivity index (χ2n) is 3.94. The average Bonchev–Trinajstić information content (AvgIpc) is 2.60. The summed E-state index contributed by atoms with van der Waals surface area (Å²) in [7, 11) is 2.01. The van der Waals surface area contributed by atoms with E-state index in [1.165, 1.54) is 17.8 Å². The van der Waals surface area contributed by atoms with Crippen molar-refractivity contribution in [2.24, 2.45) is 7.05 Å². The van der Waals surface area contributed by atoms with Crippen LogP contribution < -0.4 is 9.88 Å². The molecule has 4 heteroatoms. The van der Waals surface area contributed by atoms with E-state index in [-0.39, 0.29) is 5.91 Å². The van der Waals surface area contributed by atoms with Gasteiger partial charge in [0.25, 0.3) is 0 Å². The number of nitrogens with one attached hydrogen (secondary N) is 1. The Balaban J connectivity index is 2.15. The molecule has 0 saturated carbocycles. The molecule has 4 nitrogen and oxygen atoms in total. The Morgan fingerprint density at radius 3 is 3.06 bits per heavy atom. The molecule has 0 bridgehead atoms. The fraction of sp³-hybridized carbons (Fsp3) is 0.333. The molecule has 0 spiro atoms. The molecule has 0 radical (unpaired) electrons. The van der Waals surface area contributed by atoms with Gasteiger partial charge in [-0.2, -0.15) is 0 Å². The van der Waals surface area contributed by atoms with E-state index in [2.05, 4.69) is 28.2 Å². The van der Waals surface area contributed by atoms with Crippen molar-refractivity contribution >= 4 is 16.8 Å². The van der Waals surface area contributed by atoms with Gasteiger partial charge in [0.2, 0.25) is 5.91 Å². The van der Waals surface area contributed by atoms with E-state index in [0.717, 1.165) is 6.54 Å². The van der Waals surface area contributed by atoms with Crippen molar-refractivity contribution in [1.29, 1.82) is 0 Å². The molecule has 0 aliphatic heterocycles. The Morgan fingerprint density at radius 2 is 2.31 bits per heavy atom. The van der Waals surface area contributed by atoms with Crippen molar-refractivity contribution in [3.05, 3.63) is 30.7 Å². The molecule has 0 atom stereocenters. The van der Waals surface area contributed by atoms with Gasteiger partial charge < -0.3 is 9.88 Å². The van der Waals surface area contributed by atoms with Gasteiger partial charge in [0.15, 0.2) is 12.4 Å². The first-order valence-electron chi connectivity index (χ1n) is 5.35. The van der Waals surface area contributed by atoms with Crippen molar-refractivity contribution in [2.75, 3.05) is 6.54 Å². The summed E-state index contributed by atoms with van der Waals surface area (Å²) in [6.45, 7) is 3.00. The smallest absolute Gasteiger partial charge is 0.216 e. The number of aromatic nitrogens is 2. The van der Waals surface area contributed by atoms with E-state index in [4.69, 9.17) is 0 Å². The van der Waals surface area contributed by atoms with E-state index in [0.29, 0.717) is 6.54 Å². The van der Waals surface area contributed by atoms with E-state index in [1.807, 2.05) is 24.0 Å². The summed E-state index contributed by atoms with van der Waals surface area (Å²) in [5, 5.41) is 4.01. The molecule has 84 valence electrons. The van der Waals surface area contributed by atoms with Crippen molar-refractivity contribution in [3.8, 4) is 0 Å². The SMILES string of the molecule is CC(=O)NCCn1ccc2c[n+](C)ccc21. The van der Waals surface area contributed by atoms with Gasteiger partial charge in [0, 0.05) is 32.3 Å². The summed E-state index contributed by atoms with van der Waals surface area (Å²) in [4.78, 5) is 10.8. The first-order valence-corrected chi connectivity index (χ1v) is 5.35. The highest BCUT2D eigenvalue weighted by atomic mass is 16.1. The van der Waals surface area contributed by atoms with Crippen LogP contribution in [0, 0.1) is 0 Å². The highest BCUT2D eigenvalue weighted by Gasteiger charge is 2.04. The zero-order chi connectivity index (χ0) is 11.5. The van der Waals surface area contributed by atoms with Crippen LogP contribution in [0.2, 0.25) is 0 Å². The summed E-state index contributed by atoms with van der Waals surface area (Å²) in [6, 6.07) is 4.17. The van der Waals surface area contributed by atoms with Crippen molar-refractivity contribution in [3.63, 3.8) is 0 Å². The lowest BCUT2D eigenvalue weighted by atomic mass is 10.3. The number of pyridine rings is 1. The standard InChI is InChI=1S/C12H15N3O/c1-10(16)13-5-8-15-7-3-11-9-14(2)6-4-12(11)15/h3-4,6-7,9H,5,8H2,1-2H3/p+1. The van der Waals surface area contributed by atoms with Crippen LogP contribution in [0.15, 0.2) is 30.7 Å². The number of amides is 1. The molecule has 0 aromatic carbocycles. The lowest BCUT2D eigenvalue weighted by molar-refractivity contribution is -0.670. The first kappa shape index (κ1) is 10.7. The molecular weight excluding hydrogens is 202 g/mol. The van der Waals surface area contributed by atoms with Crippen LogP contribution in [0.25, 0.3) is 10.9 Å². The summed E-state index contributed by atoms with van der Waals surface area (Å²) < 4.78 is 4.17. The van der Waals surface area contributed by atoms with Crippen LogP contribution in [0.4, 0.5) is 0 Å². The van der Waals surface area contributed by atoms with Gasteiger partial charge in [-0.15, -0.1) is 0 Å². The topological polar surface area (TPSA) is 37.9 Å². The lowest BCUT2D eigenvalue weighted by Gasteiger charge is -2.05. The number of hydrogen-bond acceptors (Lipinski definition) is 1. The summed E-state index contributed by atoms with van der Waals surface area (Å²) in [6.07, 6.45) is 6.16. The van der Waals surface area contributed by atoms with E-state index >= 15 is 0 Å². The molecule has 2 aromatic heterocycles. The second-order valence-corrected chi connectivity index (χ2v) is 3.94. The predicted octanol–water partition coefficient (Wildman–Crippen LogP) is 0.602. The number of hydrogen-bond donors (Lipinski definition) is 1. The maximum absolute atomic E-state index is 10.8. The Hall–Kier alpha value is -1.84. The normalized spacial score (nSPS) is 10.6. The molecule has 1 N–H and O–H groups in total. The minimum atomic E-state index is 0.0165. The van der Waals surface area contributed by atoms with Crippen LogP contribution in [0.5, 0.6) is 0 Å². The van der Waals surface area contributed by atoms with Crippen LogP contribution in [-0.4, -0.2) is 17.0 Å². The second kappa shape index (κ2) is 4.35. The quantitative estimate of drug-likeness (QED) is 0.753. The highest BCUT2D eigenvalue weighted by Crippen LogP contribution is 2.12. The van der Waals surface area contributed by atoms with Gasteiger partial charge >= 0.3 is 0 Å². The van der Waals surface area contributed by atoms with Crippen molar-refractivity contribution in [1.82, 2.24) is 9.88 Å². The van der Waals surface area contributed by atoms with Crippen LogP contribution in [-0.2, 0) is 18.4 Å². The molecule has 0 fully saturated rings. The van der Waals surface area contributed by atoms with E-state index in [9.17, 15) is 4.79 Å². The molecule has 2 heterocycles. The minimum Gasteiger partial charge on any atom is -0.355 e. The fourth-order valence-electron chi connectivity index (χ4n) is 1.80. The third kappa shape index (κ3) is 2.21. The number of carbonyl (C=O) groups excluding carboxylic acids is 1. The van der Waals surface area contributed by atoms with Crippen molar-refractivity contribution in [2.45, 2.75) is 13.5 Å². The third-order valence-corrected chi connectivity index (χ3v) is 2.58. The monoisotopic (exact) mass is 218 g/mol. The number of rotatable bonds is 3. The molecule has 0 unspecified atom stereocenters. The lowest BCUT2D eigenvalue weighted by Crippen LogP contribution is -2.26. The molecule has 1 amide bonds. The predicted molar refractivity (Wildman–Crippen MR) is 61.8 cm³/mol. The van der Waals surface area contributed by atoms with Gasteiger partial charge in [0.1, 0.15) is 7.05 Å². The van der Waals surface area contributed by atoms with Gasteiger partial charge in [-0.25, -0.2) is 4.57 Å². The highest BCUT2D eigenvalue weighted by molar-refractivity contribution is 5.78. The summed E-state index contributed by atoms with van der Waals surface area (Å²) >= 11 is 0.